The van der Waals surface area contributed by atoms with E-state index in [1.807, 2.05) is 35.7 Å². The average Bonchev–Trinajstić information content (AvgIpc) is 3.40. The molecular formula is C19H16N6OS. The van der Waals surface area contributed by atoms with Crippen molar-refractivity contribution in [1.82, 2.24) is 24.7 Å². The third kappa shape index (κ3) is 3.75. The number of carbonyl (C=O) groups is 1. The number of carbonyl (C=O) groups excluding carboxylic acids is 1. The zero-order valence-corrected chi connectivity index (χ0v) is 15.3. The number of hydrogen-bond donors (Lipinski definition) is 1. The van der Waals surface area contributed by atoms with Crippen LogP contribution in [0.15, 0.2) is 66.7 Å². The number of benzene rings is 1. The van der Waals surface area contributed by atoms with Gasteiger partial charge in [0.05, 0.1) is 17.6 Å². The van der Waals surface area contributed by atoms with E-state index in [1.165, 1.54) is 11.3 Å². The van der Waals surface area contributed by atoms with Gasteiger partial charge in [-0.05, 0) is 19.1 Å². The predicted octanol–water partition coefficient (Wildman–Crippen LogP) is 3.66. The molecule has 4 rings (SSSR count). The Labute approximate surface area is 159 Å². The highest BCUT2D eigenvalue weighted by atomic mass is 32.1. The molecule has 3 heterocycles. The molecule has 3 aromatic heterocycles. The molecule has 0 fully saturated rings. The molecule has 1 aromatic carbocycles. The van der Waals surface area contributed by atoms with Crippen molar-refractivity contribution in [2.24, 2.45) is 0 Å². The Bertz CT molecular complexity index is 1050. The lowest BCUT2D eigenvalue weighted by atomic mass is 10.1. The number of rotatable bonds is 5. The predicted molar refractivity (Wildman–Crippen MR) is 104 cm³/mol. The Hall–Kier alpha value is -3.39. The van der Waals surface area contributed by atoms with Crippen LogP contribution in [0.1, 0.15) is 13.0 Å². The highest BCUT2D eigenvalue weighted by Crippen LogP contribution is 2.24. The fourth-order valence-corrected chi connectivity index (χ4v) is 3.14. The fourth-order valence-electron chi connectivity index (χ4n) is 2.61. The largest absolute Gasteiger partial charge is 0.300 e. The molecule has 0 saturated heterocycles. The molecule has 1 unspecified atom stereocenters. The number of aromatic nitrogens is 5. The molecule has 1 atom stereocenters. The Balaban J connectivity index is 1.55. The van der Waals surface area contributed by atoms with Crippen LogP contribution in [0, 0.1) is 0 Å². The number of nitrogens with zero attached hydrogens (tertiary/aromatic N) is 5. The summed E-state index contributed by atoms with van der Waals surface area (Å²) in [5, 5.41) is 9.76. The molecule has 0 radical (unpaired) electrons. The van der Waals surface area contributed by atoms with Crippen molar-refractivity contribution in [3.63, 3.8) is 0 Å². The lowest BCUT2D eigenvalue weighted by Crippen LogP contribution is -2.24. The first-order valence-corrected chi connectivity index (χ1v) is 9.21. The van der Waals surface area contributed by atoms with Crippen LogP contribution >= 0.6 is 11.3 Å². The Morgan fingerprint density at radius 2 is 1.96 bits per heavy atom. The van der Waals surface area contributed by atoms with Crippen molar-refractivity contribution in [1.29, 1.82) is 0 Å². The van der Waals surface area contributed by atoms with Gasteiger partial charge in [-0.15, -0.1) is 11.3 Å². The van der Waals surface area contributed by atoms with E-state index in [9.17, 15) is 4.79 Å². The monoisotopic (exact) mass is 376 g/mol. The van der Waals surface area contributed by atoms with Gasteiger partial charge < -0.3 is 5.32 Å². The molecule has 134 valence electrons. The van der Waals surface area contributed by atoms with E-state index < -0.39 is 6.04 Å². The molecule has 27 heavy (non-hydrogen) atoms. The topological polar surface area (TPSA) is 85.6 Å². The molecule has 1 N–H and O–H groups in total. The summed E-state index contributed by atoms with van der Waals surface area (Å²) in [7, 11) is 0. The number of anilines is 1. The second-order valence-electron chi connectivity index (χ2n) is 5.85. The van der Waals surface area contributed by atoms with Crippen LogP contribution < -0.4 is 5.32 Å². The van der Waals surface area contributed by atoms with Crippen LogP contribution in [0.3, 0.4) is 0 Å². The Kier molecular flexibility index (Phi) is 4.71. The van der Waals surface area contributed by atoms with Crippen LogP contribution in [-0.2, 0) is 4.79 Å². The van der Waals surface area contributed by atoms with Crippen LogP contribution in [-0.4, -0.2) is 30.6 Å². The highest BCUT2D eigenvalue weighted by Gasteiger charge is 2.17. The van der Waals surface area contributed by atoms with Gasteiger partial charge in [-0.2, -0.15) is 5.10 Å². The molecule has 0 saturated carbocycles. The van der Waals surface area contributed by atoms with Gasteiger partial charge in [0.25, 0.3) is 5.91 Å². The molecule has 0 bridgehead atoms. The van der Waals surface area contributed by atoms with E-state index in [-0.39, 0.29) is 5.91 Å². The number of thiazole rings is 1. The summed E-state index contributed by atoms with van der Waals surface area (Å²) in [6.45, 7) is 1.80. The standard InChI is InChI=1S/C19H16N6OS/c1-13(18(26)23-19-22-8-10-27-19)25-9-5-16(24-25)14-3-2-4-15(11-14)17-12-20-6-7-21-17/h2-13H,1H3,(H,22,23,26). The number of nitrogens with one attached hydrogen (secondary N) is 1. The maximum absolute atomic E-state index is 12.4. The van der Waals surface area contributed by atoms with E-state index in [0.717, 1.165) is 22.5 Å². The second kappa shape index (κ2) is 7.46. The molecule has 0 spiro atoms. The number of amides is 1. The van der Waals surface area contributed by atoms with Gasteiger partial charge in [0.2, 0.25) is 0 Å². The molecule has 4 aromatic rings. The van der Waals surface area contributed by atoms with Crippen molar-refractivity contribution in [2.45, 2.75) is 13.0 Å². The molecule has 0 aliphatic rings. The van der Waals surface area contributed by atoms with E-state index in [2.05, 4.69) is 25.4 Å². The lowest BCUT2D eigenvalue weighted by Gasteiger charge is -2.11. The smallest absolute Gasteiger partial charge is 0.250 e. The van der Waals surface area contributed by atoms with Crippen LogP contribution in [0.2, 0.25) is 0 Å². The molecule has 0 aliphatic carbocycles. The summed E-state index contributed by atoms with van der Waals surface area (Å²) in [5.74, 6) is -0.159. The molecule has 8 heteroatoms. The van der Waals surface area contributed by atoms with Gasteiger partial charge in [0.15, 0.2) is 5.13 Å². The quantitative estimate of drug-likeness (QED) is 0.574. The van der Waals surface area contributed by atoms with Crippen LogP contribution in [0.25, 0.3) is 22.5 Å². The summed E-state index contributed by atoms with van der Waals surface area (Å²) >= 11 is 1.38. The first kappa shape index (κ1) is 17.0. The summed E-state index contributed by atoms with van der Waals surface area (Å²) in [6.07, 6.45) is 8.49. The van der Waals surface area contributed by atoms with Crippen molar-refractivity contribution >= 4 is 22.4 Å². The van der Waals surface area contributed by atoms with Crippen LogP contribution in [0.5, 0.6) is 0 Å². The van der Waals surface area contributed by atoms with E-state index in [4.69, 9.17) is 0 Å². The zero-order chi connectivity index (χ0) is 18.6. The SMILES string of the molecule is CC(C(=O)Nc1nccs1)n1ccc(-c2cccc(-c3cnccn3)c2)n1. The molecular weight excluding hydrogens is 360 g/mol. The van der Waals surface area contributed by atoms with E-state index >= 15 is 0 Å². The normalized spacial score (nSPS) is 11.9. The first-order chi connectivity index (χ1) is 13.2. The highest BCUT2D eigenvalue weighted by molar-refractivity contribution is 7.13. The fraction of sp³-hybridized carbons (Fsp3) is 0.105. The van der Waals surface area contributed by atoms with Gasteiger partial charge in [-0.25, -0.2) is 4.98 Å². The lowest BCUT2D eigenvalue weighted by molar-refractivity contribution is -0.119. The minimum absolute atomic E-state index is 0.159. The second-order valence-corrected chi connectivity index (χ2v) is 6.75. The average molecular weight is 376 g/mol. The maximum Gasteiger partial charge on any atom is 0.250 e. The minimum Gasteiger partial charge on any atom is -0.300 e. The first-order valence-electron chi connectivity index (χ1n) is 8.33. The van der Waals surface area contributed by atoms with E-state index in [1.54, 1.807) is 42.6 Å². The number of hydrogen-bond acceptors (Lipinski definition) is 6. The van der Waals surface area contributed by atoms with Crippen LogP contribution in [0.4, 0.5) is 5.13 Å². The minimum atomic E-state index is -0.453. The van der Waals surface area contributed by atoms with Crippen molar-refractivity contribution < 1.29 is 4.79 Å². The third-order valence-electron chi connectivity index (χ3n) is 4.06. The van der Waals surface area contributed by atoms with Gasteiger partial charge in [0, 0.05) is 41.3 Å². The third-order valence-corrected chi connectivity index (χ3v) is 4.75. The van der Waals surface area contributed by atoms with Crippen molar-refractivity contribution in [3.8, 4) is 22.5 Å². The molecule has 1 amide bonds. The van der Waals surface area contributed by atoms with Crippen molar-refractivity contribution in [2.75, 3.05) is 5.32 Å². The summed E-state index contributed by atoms with van der Waals surface area (Å²) < 4.78 is 1.65. The van der Waals surface area contributed by atoms with Gasteiger partial charge in [-0.3, -0.25) is 19.4 Å². The Morgan fingerprint density at radius 1 is 1.11 bits per heavy atom. The van der Waals surface area contributed by atoms with Gasteiger partial charge in [-0.1, -0.05) is 18.2 Å². The zero-order valence-electron chi connectivity index (χ0n) is 14.5. The summed E-state index contributed by atoms with van der Waals surface area (Å²) in [4.78, 5) is 24.9. The Morgan fingerprint density at radius 3 is 2.70 bits per heavy atom. The summed E-state index contributed by atoms with van der Waals surface area (Å²) in [5.41, 5.74) is 3.50. The van der Waals surface area contributed by atoms with Crippen molar-refractivity contribution in [3.05, 3.63) is 66.7 Å². The van der Waals surface area contributed by atoms with Gasteiger partial charge in [0.1, 0.15) is 6.04 Å². The summed E-state index contributed by atoms with van der Waals surface area (Å²) in [6, 6.07) is 9.36. The van der Waals surface area contributed by atoms with Gasteiger partial charge >= 0.3 is 0 Å². The van der Waals surface area contributed by atoms with E-state index in [0.29, 0.717) is 5.13 Å². The molecule has 0 aliphatic heterocycles. The molecule has 7 nitrogen and oxygen atoms in total. The maximum atomic E-state index is 12.4.